The van der Waals surface area contributed by atoms with Gasteiger partial charge in [-0.15, -0.1) is 0 Å². The predicted octanol–water partition coefficient (Wildman–Crippen LogP) is 11.2. The first-order valence-electron chi connectivity index (χ1n) is 17.5. The van der Waals surface area contributed by atoms with Crippen LogP contribution in [0.4, 0.5) is 0 Å². The minimum absolute atomic E-state index is 0.0155. The van der Waals surface area contributed by atoms with Gasteiger partial charge in [-0.1, -0.05) is 121 Å². The molecule has 0 amide bonds. The quantitative estimate of drug-likeness (QED) is 0.198. The Balaban J connectivity index is 1.29. The summed E-state index contributed by atoms with van der Waals surface area (Å²) in [4.78, 5) is 0. The van der Waals surface area contributed by atoms with E-state index in [0.717, 1.165) is 55.4 Å². The third kappa shape index (κ3) is 4.19. The molecule has 3 aromatic heterocycles. The van der Waals surface area contributed by atoms with Gasteiger partial charge in [0.15, 0.2) is 6.29 Å². The van der Waals surface area contributed by atoms with Crippen molar-refractivity contribution in [3.05, 3.63) is 181 Å². The fourth-order valence-electron chi connectivity index (χ4n) is 8.42. The number of nitrogens with zero attached hydrogens (tertiary/aromatic N) is 2. The highest BCUT2D eigenvalue weighted by molar-refractivity contribution is 6.33. The van der Waals surface area contributed by atoms with Gasteiger partial charge in [-0.25, -0.2) is 0 Å². The van der Waals surface area contributed by atoms with E-state index in [1.54, 1.807) is 0 Å². The zero-order chi connectivity index (χ0) is 33.5. The van der Waals surface area contributed by atoms with E-state index in [9.17, 15) is 0 Å². The molecule has 0 radical (unpaired) electrons. The second-order valence-electron chi connectivity index (χ2n) is 13.4. The van der Waals surface area contributed by atoms with Crippen molar-refractivity contribution in [3.8, 4) is 5.69 Å². The van der Waals surface area contributed by atoms with E-state index in [1.165, 1.54) is 32.6 Å². The predicted molar refractivity (Wildman–Crippen MR) is 210 cm³/mol. The molecule has 0 saturated heterocycles. The second-order valence-corrected chi connectivity index (χ2v) is 13.4. The monoisotopic (exact) mass is 656 g/mol. The van der Waals surface area contributed by atoms with Gasteiger partial charge in [-0.3, -0.25) is 5.32 Å². The Bertz CT molecular complexity index is 2970. The van der Waals surface area contributed by atoms with Crippen LogP contribution in [0, 0.1) is 0 Å². The normalized spacial score (nSPS) is 16.4. The van der Waals surface area contributed by atoms with Gasteiger partial charge in [-0.2, -0.15) is 0 Å². The summed E-state index contributed by atoms with van der Waals surface area (Å²) in [7, 11) is 0. The maximum Gasteiger partial charge on any atom is 0.160 e. The molecule has 242 valence electrons. The van der Waals surface area contributed by atoms with Crippen LogP contribution < -0.4 is 10.6 Å². The van der Waals surface area contributed by atoms with Crippen LogP contribution in [0.3, 0.4) is 0 Å². The van der Waals surface area contributed by atoms with E-state index < -0.39 is 0 Å². The molecule has 1 aliphatic rings. The van der Waals surface area contributed by atoms with Crippen molar-refractivity contribution < 1.29 is 4.42 Å². The Morgan fingerprint density at radius 1 is 0.490 bits per heavy atom. The number of nitrogens with one attached hydrogen (secondary N) is 2. The molecule has 10 aromatic rings. The lowest BCUT2D eigenvalue weighted by molar-refractivity contribution is 0.351. The van der Waals surface area contributed by atoms with Crippen molar-refractivity contribution >= 4 is 71.2 Å². The first kappa shape index (κ1) is 28.3. The van der Waals surface area contributed by atoms with Crippen LogP contribution in [-0.2, 0) is 0 Å². The summed E-state index contributed by atoms with van der Waals surface area (Å²) in [6.07, 6.45) is 2.05. The van der Waals surface area contributed by atoms with Gasteiger partial charge in [0.2, 0.25) is 0 Å². The summed E-state index contributed by atoms with van der Waals surface area (Å²) in [5.74, 6) is 0. The number of hydrogen-bond acceptors (Lipinski definition) is 3. The van der Waals surface area contributed by atoms with Crippen LogP contribution in [0.15, 0.2) is 174 Å². The molecule has 7 aromatic carbocycles. The SMILES string of the molecule is C1=C(c2ccccc2)NC(n2c3ccccc3c3ccc4c(c5c6c(ccc5n4-c4ccccc4)oc4ccccc46)c32)NC1c1ccccc1. The Hall–Kier alpha value is -6.56. The molecule has 2 N–H and O–H groups in total. The topological polar surface area (TPSA) is 47.1 Å². The van der Waals surface area contributed by atoms with Gasteiger partial charge in [0.1, 0.15) is 11.2 Å². The van der Waals surface area contributed by atoms with Gasteiger partial charge < -0.3 is 18.9 Å². The largest absolute Gasteiger partial charge is 0.456 e. The molecule has 51 heavy (non-hydrogen) atoms. The first-order valence-corrected chi connectivity index (χ1v) is 17.5. The molecule has 5 nitrogen and oxygen atoms in total. The average molecular weight is 657 g/mol. The molecular formula is C46H32N4O. The molecule has 2 atom stereocenters. The molecule has 5 heteroatoms. The molecule has 0 aliphatic carbocycles. The average Bonchev–Trinajstić information content (AvgIpc) is 3.86. The molecule has 2 unspecified atom stereocenters. The standard InChI is InChI=1S/C46H32N4O/c1-4-14-29(15-5-1)35-28-36(30-16-6-2-7-17-30)48-46(47-35)50-37-22-12-10-20-32(37)33-24-25-39-44(45(33)50)43-38(49(39)31-18-8-3-9-19-31)26-27-41-42(43)34-21-11-13-23-40(34)51-41/h1-28,35,46-48H. The van der Waals surface area contributed by atoms with Crippen LogP contribution in [-0.4, -0.2) is 9.13 Å². The highest BCUT2D eigenvalue weighted by atomic mass is 16.3. The Labute approximate surface area is 293 Å². The summed E-state index contributed by atoms with van der Waals surface area (Å²) >= 11 is 0. The fourth-order valence-corrected chi connectivity index (χ4v) is 8.42. The molecular weight excluding hydrogens is 625 g/mol. The molecule has 0 saturated carbocycles. The molecule has 0 fully saturated rings. The highest BCUT2D eigenvalue weighted by Crippen LogP contribution is 2.46. The summed E-state index contributed by atoms with van der Waals surface area (Å²) in [5.41, 5.74) is 11.0. The third-order valence-electron chi connectivity index (χ3n) is 10.6. The van der Waals surface area contributed by atoms with Crippen molar-refractivity contribution in [1.82, 2.24) is 19.8 Å². The number of rotatable bonds is 4. The lowest BCUT2D eigenvalue weighted by Gasteiger charge is -2.34. The van der Waals surface area contributed by atoms with E-state index in [2.05, 4.69) is 184 Å². The third-order valence-corrected chi connectivity index (χ3v) is 10.6. The van der Waals surface area contributed by atoms with Crippen LogP contribution >= 0.6 is 0 Å². The highest BCUT2D eigenvalue weighted by Gasteiger charge is 2.29. The van der Waals surface area contributed by atoms with Crippen molar-refractivity contribution in [2.24, 2.45) is 0 Å². The van der Waals surface area contributed by atoms with Gasteiger partial charge in [0.05, 0.1) is 28.1 Å². The van der Waals surface area contributed by atoms with Crippen molar-refractivity contribution in [3.63, 3.8) is 0 Å². The summed E-state index contributed by atoms with van der Waals surface area (Å²) in [5, 5.41) is 15.1. The molecule has 0 spiro atoms. The maximum absolute atomic E-state index is 6.52. The maximum atomic E-state index is 6.52. The van der Waals surface area contributed by atoms with E-state index in [1.807, 2.05) is 6.07 Å². The number of aromatic nitrogens is 2. The van der Waals surface area contributed by atoms with Gasteiger partial charge >= 0.3 is 0 Å². The zero-order valence-electron chi connectivity index (χ0n) is 27.6. The molecule has 4 heterocycles. The van der Waals surface area contributed by atoms with Crippen molar-refractivity contribution in [2.75, 3.05) is 0 Å². The van der Waals surface area contributed by atoms with E-state index in [4.69, 9.17) is 4.42 Å². The van der Waals surface area contributed by atoms with Crippen LogP contribution in [0.25, 0.3) is 76.9 Å². The Kier molecular flexibility index (Phi) is 6.09. The molecule has 1 aliphatic heterocycles. The second kappa shape index (κ2) is 11.0. The number of para-hydroxylation sites is 3. The number of fused-ring (bicyclic) bond motifs is 11. The summed E-state index contributed by atoms with van der Waals surface area (Å²) in [6, 6.07) is 58.3. The zero-order valence-corrected chi connectivity index (χ0v) is 27.6. The van der Waals surface area contributed by atoms with Crippen molar-refractivity contribution in [1.29, 1.82) is 0 Å². The van der Waals surface area contributed by atoms with E-state index in [-0.39, 0.29) is 12.3 Å². The van der Waals surface area contributed by atoms with E-state index in [0.29, 0.717) is 0 Å². The minimum Gasteiger partial charge on any atom is -0.456 e. The lowest BCUT2D eigenvalue weighted by Crippen LogP contribution is -2.43. The minimum atomic E-state index is -0.265. The molecule has 11 rings (SSSR count). The number of benzene rings is 7. The van der Waals surface area contributed by atoms with Gasteiger partial charge in [0, 0.05) is 43.7 Å². The first-order chi connectivity index (χ1) is 25.3. The van der Waals surface area contributed by atoms with Crippen LogP contribution in [0.1, 0.15) is 23.5 Å². The fraction of sp³-hybridized carbons (Fsp3) is 0.0435. The van der Waals surface area contributed by atoms with Crippen LogP contribution in [0.5, 0.6) is 0 Å². The van der Waals surface area contributed by atoms with Crippen LogP contribution in [0.2, 0.25) is 0 Å². The number of hydrogen-bond donors (Lipinski definition) is 2. The Morgan fingerprint density at radius 3 is 1.98 bits per heavy atom. The lowest BCUT2D eigenvalue weighted by atomic mass is 10.0. The van der Waals surface area contributed by atoms with E-state index >= 15 is 0 Å². The molecule has 0 bridgehead atoms. The van der Waals surface area contributed by atoms with Gasteiger partial charge in [-0.05, 0) is 59.7 Å². The summed E-state index contributed by atoms with van der Waals surface area (Å²) < 4.78 is 11.4. The summed E-state index contributed by atoms with van der Waals surface area (Å²) in [6.45, 7) is 0. The Morgan fingerprint density at radius 2 is 1.16 bits per heavy atom. The van der Waals surface area contributed by atoms with Crippen molar-refractivity contribution in [2.45, 2.75) is 12.3 Å². The number of furan rings is 1. The van der Waals surface area contributed by atoms with Gasteiger partial charge in [0.25, 0.3) is 0 Å². The smallest absolute Gasteiger partial charge is 0.160 e.